The summed E-state index contributed by atoms with van der Waals surface area (Å²) in [6.45, 7) is 0.547. The van der Waals surface area contributed by atoms with Crippen molar-refractivity contribution >= 4 is 11.4 Å². The van der Waals surface area contributed by atoms with Crippen molar-refractivity contribution in [3.63, 3.8) is 0 Å². The molecule has 0 radical (unpaired) electrons. The molecule has 0 aromatic heterocycles. The number of piperidine rings is 1. The quantitative estimate of drug-likeness (QED) is 0.662. The summed E-state index contributed by atoms with van der Waals surface area (Å²) in [5, 5.41) is 20.0. The third-order valence-corrected chi connectivity index (χ3v) is 3.30. The minimum absolute atomic E-state index is 0.0673. The van der Waals surface area contributed by atoms with Crippen LogP contribution in [0.1, 0.15) is 19.3 Å². The molecule has 5 nitrogen and oxygen atoms in total. The van der Waals surface area contributed by atoms with Gasteiger partial charge in [0.25, 0.3) is 0 Å². The van der Waals surface area contributed by atoms with E-state index < -0.39 is 16.4 Å². The molecule has 1 fully saturated rings. The molecule has 1 aromatic rings. The second-order valence-corrected chi connectivity index (χ2v) is 4.39. The normalized spacial score (nSPS) is 19.9. The Morgan fingerprint density at radius 2 is 2.28 bits per heavy atom. The van der Waals surface area contributed by atoms with Gasteiger partial charge in [0, 0.05) is 12.6 Å². The van der Waals surface area contributed by atoms with E-state index in [1.165, 1.54) is 12.1 Å². The van der Waals surface area contributed by atoms with Crippen molar-refractivity contribution in [2.75, 3.05) is 18.1 Å². The Hall–Kier alpha value is -1.69. The van der Waals surface area contributed by atoms with Gasteiger partial charge in [0.15, 0.2) is 0 Å². The van der Waals surface area contributed by atoms with Crippen LogP contribution in [0.15, 0.2) is 18.2 Å². The molecule has 0 aliphatic carbocycles. The number of aliphatic hydroxyl groups excluding tert-OH is 1. The molecule has 1 saturated heterocycles. The highest BCUT2D eigenvalue weighted by Gasteiger charge is 2.27. The number of benzene rings is 1. The summed E-state index contributed by atoms with van der Waals surface area (Å²) >= 11 is 0. The van der Waals surface area contributed by atoms with E-state index >= 15 is 0 Å². The van der Waals surface area contributed by atoms with Gasteiger partial charge in [-0.05, 0) is 25.3 Å². The Kier molecular flexibility index (Phi) is 3.76. The van der Waals surface area contributed by atoms with Crippen LogP contribution in [0.5, 0.6) is 0 Å². The molecule has 1 heterocycles. The van der Waals surface area contributed by atoms with Gasteiger partial charge in [0.05, 0.1) is 23.3 Å². The van der Waals surface area contributed by atoms with Gasteiger partial charge in [-0.3, -0.25) is 10.1 Å². The summed E-state index contributed by atoms with van der Waals surface area (Å²) in [4.78, 5) is 11.7. The van der Waals surface area contributed by atoms with Gasteiger partial charge in [0.1, 0.15) is 0 Å². The Balaban J connectivity index is 2.37. The van der Waals surface area contributed by atoms with E-state index in [1.54, 1.807) is 4.90 Å². The van der Waals surface area contributed by atoms with Crippen LogP contribution in [0.4, 0.5) is 15.8 Å². The van der Waals surface area contributed by atoms with Crippen molar-refractivity contribution < 1.29 is 14.4 Å². The fraction of sp³-hybridized carbons (Fsp3) is 0.500. The average molecular weight is 254 g/mol. The number of aliphatic hydroxyl groups is 1. The topological polar surface area (TPSA) is 66.6 Å². The molecule has 0 bridgehead atoms. The van der Waals surface area contributed by atoms with Crippen LogP contribution >= 0.6 is 0 Å². The summed E-state index contributed by atoms with van der Waals surface area (Å²) in [6.07, 6.45) is 2.66. The van der Waals surface area contributed by atoms with E-state index in [0.29, 0.717) is 6.54 Å². The monoisotopic (exact) mass is 254 g/mol. The number of hydrogen-bond acceptors (Lipinski definition) is 4. The van der Waals surface area contributed by atoms with E-state index in [1.807, 2.05) is 0 Å². The summed E-state index contributed by atoms with van der Waals surface area (Å²) in [5.41, 5.74) is -0.308. The number of nitro groups is 1. The molecule has 18 heavy (non-hydrogen) atoms. The molecule has 2 rings (SSSR count). The maximum atomic E-state index is 14.1. The second-order valence-electron chi connectivity index (χ2n) is 4.39. The molecule has 1 aromatic carbocycles. The largest absolute Gasteiger partial charge is 0.394 e. The summed E-state index contributed by atoms with van der Waals surface area (Å²) in [6, 6.07) is 3.99. The lowest BCUT2D eigenvalue weighted by Crippen LogP contribution is -2.42. The van der Waals surface area contributed by atoms with E-state index in [9.17, 15) is 19.6 Å². The second kappa shape index (κ2) is 5.30. The van der Waals surface area contributed by atoms with Gasteiger partial charge in [-0.15, -0.1) is 0 Å². The molecule has 0 amide bonds. The first-order valence-corrected chi connectivity index (χ1v) is 5.95. The van der Waals surface area contributed by atoms with E-state index in [0.717, 1.165) is 25.3 Å². The fourth-order valence-corrected chi connectivity index (χ4v) is 2.38. The van der Waals surface area contributed by atoms with Crippen LogP contribution in [0.3, 0.4) is 0 Å². The predicted molar refractivity (Wildman–Crippen MR) is 65.1 cm³/mol. The number of nitro benzene ring substituents is 1. The molecule has 1 aliphatic heterocycles. The minimum Gasteiger partial charge on any atom is -0.394 e. The third-order valence-electron chi connectivity index (χ3n) is 3.30. The maximum absolute atomic E-state index is 14.1. The standard InChI is InChI=1S/C12H15FN2O3/c13-12-10(5-3-6-11(12)15(17)18)14-7-2-1-4-9(14)8-16/h3,5-6,9,16H,1-2,4,7-8H2/t9-/m0/s1. The molecule has 1 atom stereocenters. The van der Waals surface area contributed by atoms with Gasteiger partial charge in [-0.25, -0.2) is 0 Å². The van der Waals surface area contributed by atoms with Crippen molar-refractivity contribution in [2.24, 2.45) is 0 Å². The number of rotatable bonds is 3. The van der Waals surface area contributed by atoms with Crippen molar-refractivity contribution in [3.8, 4) is 0 Å². The minimum atomic E-state index is -0.817. The predicted octanol–water partition coefficient (Wildman–Crippen LogP) is 2.09. The molecule has 0 spiro atoms. The van der Waals surface area contributed by atoms with Crippen LogP contribution in [-0.2, 0) is 0 Å². The summed E-state index contributed by atoms with van der Waals surface area (Å²) in [5.74, 6) is -0.817. The van der Waals surface area contributed by atoms with E-state index in [4.69, 9.17) is 0 Å². The van der Waals surface area contributed by atoms with Crippen molar-refractivity contribution in [3.05, 3.63) is 34.1 Å². The Morgan fingerprint density at radius 1 is 1.50 bits per heavy atom. The van der Waals surface area contributed by atoms with E-state index in [2.05, 4.69) is 0 Å². The van der Waals surface area contributed by atoms with Crippen molar-refractivity contribution in [1.82, 2.24) is 0 Å². The molecule has 6 heteroatoms. The van der Waals surface area contributed by atoms with Crippen LogP contribution in [0, 0.1) is 15.9 Å². The third kappa shape index (κ3) is 2.28. The SMILES string of the molecule is O=[N+]([O-])c1cccc(N2CCCC[C@H]2CO)c1F. The maximum Gasteiger partial charge on any atom is 0.306 e. The van der Waals surface area contributed by atoms with Crippen molar-refractivity contribution in [2.45, 2.75) is 25.3 Å². The van der Waals surface area contributed by atoms with Gasteiger partial charge < -0.3 is 10.0 Å². The zero-order chi connectivity index (χ0) is 13.1. The Morgan fingerprint density at radius 3 is 2.94 bits per heavy atom. The average Bonchev–Trinajstić information content (AvgIpc) is 2.38. The van der Waals surface area contributed by atoms with Gasteiger partial charge >= 0.3 is 5.69 Å². The van der Waals surface area contributed by atoms with Crippen LogP contribution in [-0.4, -0.2) is 29.2 Å². The summed E-state index contributed by atoms with van der Waals surface area (Å²) in [7, 11) is 0. The highest BCUT2D eigenvalue weighted by molar-refractivity contribution is 5.56. The molecule has 1 aliphatic rings. The van der Waals surface area contributed by atoms with Crippen LogP contribution < -0.4 is 4.90 Å². The molecular weight excluding hydrogens is 239 g/mol. The molecule has 1 N–H and O–H groups in total. The number of anilines is 1. The zero-order valence-electron chi connectivity index (χ0n) is 9.88. The highest BCUT2D eigenvalue weighted by Crippen LogP contribution is 2.31. The lowest BCUT2D eigenvalue weighted by molar-refractivity contribution is -0.387. The van der Waals surface area contributed by atoms with Gasteiger partial charge in [-0.2, -0.15) is 4.39 Å². The Bertz CT molecular complexity index is 453. The first kappa shape index (κ1) is 12.8. The lowest BCUT2D eigenvalue weighted by Gasteiger charge is -2.36. The lowest BCUT2D eigenvalue weighted by atomic mass is 10.0. The number of halogens is 1. The number of nitrogens with zero attached hydrogens (tertiary/aromatic N) is 2. The fourth-order valence-electron chi connectivity index (χ4n) is 2.38. The first-order valence-electron chi connectivity index (χ1n) is 5.95. The van der Waals surface area contributed by atoms with Crippen LogP contribution in [0.2, 0.25) is 0 Å². The molecule has 0 unspecified atom stereocenters. The first-order chi connectivity index (χ1) is 8.65. The van der Waals surface area contributed by atoms with Crippen molar-refractivity contribution in [1.29, 1.82) is 0 Å². The van der Waals surface area contributed by atoms with Gasteiger partial charge in [0.2, 0.25) is 5.82 Å². The highest BCUT2D eigenvalue weighted by atomic mass is 19.1. The Labute approximate surface area is 104 Å². The molecule has 98 valence electrons. The smallest absolute Gasteiger partial charge is 0.306 e. The summed E-state index contributed by atoms with van der Waals surface area (Å²) < 4.78 is 14.1. The zero-order valence-corrected chi connectivity index (χ0v) is 9.88. The van der Waals surface area contributed by atoms with Gasteiger partial charge in [-0.1, -0.05) is 6.07 Å². The number of hydrogen-bond donors (Lipinski definition) is 1. The molecule has 0 saturated carbocycles. The molecular formula is C12H15FN2O3. The van der Waals surface area contributed by atoms with Crippen LogP contribution in [0.25, 0.3) is 0 Å². The van der Waals surface area contributed by atoms with E-state index in [-0.39, 0.29) is 18.3 Å².